The van der Waals surface area contributed by atoms with E-state index in [2.05, 4.69) is 5.32 Å². The summed E-state index contributed by atoms with van der Waals surface area (Å²) in [5.74, 6) is -0.723. The molecule has 5 nitrogen and oxygen atoms in total. The first kappa shape index (κ1) is 17.2. The van der Waals surface area contributed by atoms with Crippen LogP contribution in [0.5, 0.6) is 0 Å². The number of hydrogen-bond donors (Lipinski definition) is 1. The first-order chi connectivity index (χ1) is 12.1. The van der Waals surface area contributed by atoms with Crippen molar-refractivity contribution in [2.45, 2.75) is 38.2 Å². The zero-order valence-electron chi connectivity index (χ0n) is 14.1. The van der Waals surface area contributed by atoms with Crippen LogP contribution >= 0.6 is 0 Å². The van der Waals surface area contributed by atoms with E-state index in [4.69, 9.17) is 9.47 Å². The SMILES string of the molecule is C[C@@H]1O[C@@H]1C(=O)N[C@H](Cc1ccccc1)C(=O)OCc1ccccc1. The molecule has 1 saturated heterocycles. The molecule has 0 aliphatic carbocycles. The molecular formula is C20H21NO4. The molecule has 1 fully saturated rings. The quantitative estimate of drug-likeness (QED) is 0.620. The fourth-order valence-corrected chi connectivity index (χ4v) is 2.59. The van der Waals surface area contributed by atoms with Crippen LogP contribution in [-0.4, -0.2) is 30.1 Å². The van der Waals surface area contributed by atoms with Crippen LogP contribution in [0.15, 0.2) is 60.7 Å². The maximum atomic E-state index is 12.5. The third kappa shape index (κ3) is 4.90. The molecule has 1 N–H and O–H groups in total. The summed E-state index contributed by atoms with van der Waals surface area (Å²) in [7, 11) is 0. The summed E-state index contributed by atoms with van der Waals surface area (Å²) in [6.45, 7) is 2.00. The van der Waals surface area contributed by atoms with Gasteiger partial charge in [-0.3, -0.25) is 4.79 Å². The third-order valence-corrected chi connectivity index (χ3v) is 4.08. The van der Waals surface area contributed by atoms with Crippen molar-refractivity contribution in [2.75, 3.05) is 0 Å². The van der Waals surface area contributed by atoms with E-state index >= 15 is 0 Å². The Kier molecular flexibility index (Phi) is 5.46. The number of epoxide rings is 1. The second-order valence-corrected chi connectivity index (χ2v) is 6.11. The Morgan fingerprint density at radius 2 is 1.60 bits per heavy atom. The van der Waals surface area contributed by atoms with Gasteiger partial charge in [0, 0.05) is 6.42 Å². The van der Waals surface area contributed by atoms with Gasteiger partial charge in [0.15, 0.2) is 6.10 Å². The second kappa shape index (κ2) is 7.94. The maximum absolute atomic E-state index is 12.5. The Hall–Kier alpha value is -2.66. The largest absolute Gasteiger partial charge is 0.459 e. The van der Waals surface area contributed by atoms with Gasteiger partial charge in [-0.05, 0) is 18.1 Å². The first-order valence-electron chi connectivity index (χ1n) is 8.34. The molecule has 5 heteroatoms. The highest BCUT2D eigenvalue weighted by Gasteiger charge is 2.42. The lowest BCUT2D eigenvalue weighted by molar-refractivity contribution is -0.149. The van der Waals surface area contributed by atoms with Crippen LogP contribution < -0.4 is 5.32 Å². The number of benzene rings is 2. The van der Waals surface area contributed by atoms with Crippen LogP contribution in [0.4, 0.5) is 0 Å². The van der Waals surface area contributed by atoms with Gasteiger partial charge in [-0.2, -0.15) is 0 Å². The molecule has 2 aromatic rings. The molecule has 1 aliphatic rings. The number of amides is 1. The molecule has 0 spiro atoms. The van der Waals surface area contributed by atoms with Gasteiger partial charge in [0.2, 0.25) is 0 Å². The number of rotatable bonds is 7. The number of hydrogen-bond acceptors (Lipinski definition) is 4. The van der Waals surface area contributed by atoms with E-state index in [0.29, 0.717) is 6.42 Å². The first-order valence-corrected chi connectivity index (χ1v) is 8.34. The second-order valence-electron chi connectivity index (χ2n) is 6.11. The van der Waals surface area contributed by atoms with Crippen LogP contribution in [0.25, 0.3) is 0 Å². The summed E-state index contributed by atoms with van der Waals surface area (Å²) in [6, 6.07) is 18.2. The molecule has 0 radical (unpaired) electrons. The highest BCUT2D eigenvalue weighted by molar-refractivity contribution is 5.88. The van der Waals surface area contributed by atoms with Gasteiger partial charge >= 0.3 is 5.97 Å². The topological polar surface area (TPSA) is 67.9 Å². The minimum atomic E-state index is -0.741. The Morgan fingerprint density at radius 1 is 1.04 bits per heavy atom. The molecule has 3 rings (SSSR count). The van der Waals surface area contributed by atoms with Gasteiger partial charge < -0.3 is 14.8 Å². The molecule has 1 heterocycles. The van der Waals surface area contributed by atoms with Crippen LogP contribution in [0.2, 0.25) is 0 Å². The van der Waals surface area contributed by atoms with Gasteiger partial charge in [0.25, 0.3) is 5.91 Å². The molecular weight excluding hydrogens is 318 g/mol. The average Bonchev–Trinajstić information content (AvgIpc) is 3.38. The van der Waals surface area contributed by atoms with E-state index in [1.54, 1.807) is 0 Å². The van der Waals surface area contributed by atoms with E-state index in [9.17, 15) is 9.59 Å². The van der Waals surface area contributed by atoms with Crippen molar-refractivity contribution in [3.8, 4) is 0 Å². The minimum Gasteiger partial charge on any atom is -0.459 e. The molecule has 130 valence electrons. The maximum Gasteiger partial charge on any atom is 0.329 e. The Morgan fingerprint density at radius 3 is 2.16 bits per heavy atom. The van der Waals surface area contributed by atoms with Crippen LogP contribution in [0.1, 0.15) is 18.1 Å². The molecule has 25 heavy (non-hydrogen) atoms. The summed E-state index contributed by atoms with van der Waals surface area (Å²) in [5, 5.41) is 2.76. The number of ether oxygens (including phenoxy) is 2. The van der Waals surface area contributed by atoms with Crippen molar-refractivity contribution < 1.29 is 19.1 Å². The lowest BCUT2D eigenvalue weighted by Gasteiger charge is -2.17. The highest BCUT2D eigenvalue weighted by Crippen LogP contribution is 2.21. The van der Waals surface area contributed by atoms with Crippen molar-refractivity contribution in [3.63, 3.8) is 0 Å². The standard InChI is InChI=1S/C20H21NO4/c1-14-18(25-14)19(22)21-17(12-15-8-4-2-5-9-15)20(23)24-13-16-10-6-3-7-11-16/h2-11,14,17-18H,12-13H2,1H3,(H,21,22)/t14-,17+,18-/m0/s1. The monoisotopic (exact) mass is 339 g/mol. The average molecular weight is 339 g/mol. The Balaban J connectivity index is 1.63. The zero-order chi connectivity index (χ0) is 17.6. The molecule has 0 bridgehead atoms. The van der Waals surface area contributed by atoms with Crippen LogP contribution in [0.3, 0.4) is 0 Å². The van der Waals surface area contributed by atoms with Gasteiger partial charge in [-0.15, -0.1) is 0 Å². The van der Waals surface area contributed by atoms with E-state index in [1.807, 2.05) is 67.6 Å². The predicted molar refractivity (Wildman–Crippen MR) is 92.6 cm³/mol. The highest BCUT2D eigenvalue weighted by atomic mass is 16.6. The summed E-state index contributed by atoms with van der Waals surface area (Å²) in [4.78, 5) is 24.7. The number of nitrogens with one attached hydrogen (secondary N) is 1. The number of carbonyl (C=O) groups excluding carboxylic acids is 2. The predicted octanol–water partition coefficient (Wildman–Crippen LogP) is 2.24. The minimum absolute atomic E-state index is 0.0993. The summed E-state index contributed by atoms with van der Waals surface area (Å²) < 4.78 is 10.6. The lowest BCUT2D eigenvalue weighted by atomic mass is 10.1. The van der Waals surface area contributed by atoms with Crippen molar-refractivity contribution in [1.82, 2.24) is 5.32 Å². The van der Waals surface area contributed by atoms with E-state index in [1.165, 1.54) is 0 Å². The van der Waals surface area contributed by atoms with Crippen molar-refractivity contribution in [3.05, 3.63) is 71.8 Å². The Bertz CT molecular complexity index is 717. The van der Waals surface area contributed by atoms with E-state index < -0.39 is 18.1 Å². The zero-order valence-corrected chi connectivity index (χ0v) is 14.1. The normalized spacial score (nSPS) is 19.7. The van der Waals surface area contributed by atoms with Gasteiger partial charge in [-0.25, -0.2) is 4.79 Å². The fourth-order valence-electron chi connectivity index (χ4n) is 2.59. The summed E-state index contributed by atoms with van der Waals surface area (Å²) in [6.07, 6.45) is -0.195. The number of carbonyl (C=O) groups is 2. The van der Waals surface area contributed by atoms with Crippen LogP contribution in [0, 0.1) is 0 Å². The molecule has 0 unspecified atom stereocenters. The molecule has 3 atom stereocenters. The molecule has 1 aliphatic heterocycles. The van der Waals surface area contributed by atoms with E-state index in [0.717, 1.165) is 11.1 Å². The third-order valence-electron chi connectivity index (χ3n) is 4.08. The Labute approximate surface area is 147 Å². The van der Waals surface area contributed by atoms with Gasteiger partial charge in [-0.1, -0.05) is 60.7 Å². The fraction of sp³-hybridized carbons (Fsp3) is 0.300. The molecule has 1 amide bonds. The van der Waals surface area contributed by atoms with Crippen molar-refractivity contribution in [2.24, 2.45) is 0 Å². The van der Waals surface area contributed by atoms with Gasteiger partial charge in [0.1, 0.15) is 12.6 Å². The summed E-state index contributed by atoms with van der Waals surface area (Å²) >= 11 is 0. The molecule has 0 saturated carbocycles. The smallest absolute Gasteiger partial charge is 0.329 e. The molecule has 0 aromatic heterocycles. The van der Waals surface area contributed by atoms with Gasteiger partial charge in [0.05, 0.1) is 6.10 Å². The lowest BCUT2D eigenvalue weighted by Crippen LogP contribution is -2.45. The summed E-state index contributed by atoms with van der Waals surface area (Å²) in [5.41, 5.74) is 1.86. The van der Waals surface area contributed by atoms with Crippen molar-refractivity contribution in [1.29, 1.82) is 0 Å². The van der Waals surface area contributed by atoms with E-state index in [-0.39, 0.29) is 18.6 Å². The van der Waals surface area contributed by atoms with Crippen LogP contribution in [-0.2, 0) is 32.1 Å². The molecule has 2 aromatic carbocycles. The van der Waals surface area contributed by atoms with Crippen molar-refractivity contribution >= 4 is 11.9 Å². The number of esters is 1.